The lowest BCUT2D eigenvalue weighted by atomic mass is 10.1. The quantitative estimate of drug-likeness (QED) is 0.694. The van der Waals surface area contributed by atoms with E-state index in [1.54, 1.807) is 24.3 Å². The van der Waals surface area contributed by atoms with E-state index in [-0.39, 0.29) is 12.4 Å². The van der Waals surface area contributed by atoms with Crippen LogP contribution in [0.1, 0.15) is 21.5 Å². The topological polar surface area (TPSA) is 61.5 Å². The Morgan fingerprint density at radius 3 is 2.62 bits per heavy atom. The fraction of sp³-hybridized carbons (Fsp3) is 0.188. The molecule has 4 nitrogen and oxygen atoms in total. The van der Waals surface area contributed by atoms with E-state index < -0.39 is 11.8 Å². The number of carbonyl (C=O) groups is 1. The number of benzene rings is 2. The fourth-order valence-corrected chi connectivity index (χ4v) is 1.96. The van der Waals surface area contributed by atoms with Gasteiger partial charge in [0.25, 0.3) is 0 Å². The van der Waals surface area contributed by atoms with Crippen LogP contribution in [0.15, 0.2) is 36.4 Å². The normalized spacial score (nSPS) is 10.2. The minimum atomic E-state index is -0.498. The molecule has 0 unspecified atom stereocenters. The van der Waals surface area contributed by atoms with Crippen molar-refractivity contribution in [2.75, 3.05) is 12.8 Å². The molecule has 0 radical (unpaired) electrons. The number of ether oxygens (including phenoxy) is 2. The van der Waals surface area contributed by atoms with Gasteiger partial charge in [0.2, 0.25) is 0 Å². The molecule has 0 aliphatic carbocycles. The molecular weight excluding hydrogens is 273 g/mol. The summed E-state index contributed by atoms with van der Waals surface area (Å²) in [4.78, 5) is 11.9. The number of esters is 1. The number of hydrogen-bond acceptors (Lipinski definition) is 4. The van der Waals surface area contributed by atoms with Gasteiger partial charge in [0, 0.05) is 5.69 Å². The number of carbonyl (C=O) groups excluding carboxylic acids is 1. The fourth-order valence-electron chi connectivity index (χ4n) is 1.96. The predicted octanol–water partition coefficient (Wildman–Crippen LogP) is 3.08. The largest absolute Gasteiger partial charge is 0.494 e. The number of rotatable bonds is 4. The second-order valence-corrected chi connectivity index (χ2v) is 4.68. The molecule has 0 heterocycles. The van der Waals surface area contributed by atoms with Crippen molar-refractivity contribution in [3.8, 4) is 5.75 Å². The van der Waals surface area contributed by atoms with Gasteiger partial charge in [-0.2, -0.15) is 0 Å². The van der Waals surface area contributed by atoms with E-state index in [1.807, 2.05) is 6.92 Å². The van der Waals surface area contributed by atoms with Gasteiger partial charge in [-0.05, 0) is 48.4 Å². The van der Waals surface area contributed by atoms with Crippen molar-refractivity contribution in [3.63, 3.8) is 0 Å². The van der Waals surface area contributed by atoms with Crippen LogP contribution < -0.4 is 10.5 Å². The van der Waals surface area contributed by atoms with E-state index in [0.717, 1.165) is 5.56 Å². The van der Waals surface area contributed by atoms with Crippen LogP contribution in [0.25, 0.3) is 0 Å². The highest BCUT2D eigenvalue weighted by Crippen LogP contribution is 2.19. The monoisotopic (exact) mass is 289 g/mol. The number of hydrogen-bond donors (Lipinski definition) is 1. The molecule has 0 amide bonds. The second kappa shape index (κ2) is 6.26. The maximum absolute atomic E-state index is 13.5. The molecule has 5 heteroatoms. The summed E-state index contributed by atoms with van der Waals surface area (Å²) in [6.45, 7) is 1.82. The van der Waals surface area contributed by atoms with Crippen LogP contribution in [0, 0.1) is 12.7 Å². The molecule has 0 aliphatic heterocycles. The molecule has 0 spiro atoms. The van der Waals surface area contributed by atoms with Crippen LogP contribution in [0.3, 0.4) is 0 Å². The Kier molecular flexibility index (Phi) is 4.42. The number of halogens is 1. The Bertz CT molecular complexity index is 650. The molecule has 0 saturated heterocycles. The van der Waals surface area contributed by atoms with Gasteiger partial charge in [-0.1, -0.05) is 6.07 Å². The summed E-state index contributed by atoms with van der Waals surface area (Å²) in [5.74, 6) is -0.844. The molecular formula is C16H16FNO3. The van der Waals surface area contributed by atoms with E-state index >= 15 is 0 Å². The van der Waals surface area contributed by atoms with Gasteiger partial charge in [0.05, 0.1) is 12.7 Å². The number of nitrogen functional groups attached to an aromatic ring is 1. The van der Waals surface area contributed by atoms with E-state index in [4.69, 9.17) is 15.2 Å². The van der Waals surface area contributed by atoms with Crippen molar-refractivity contribution in [2.45, 2.75) is 13.5 Å². The summed E-state index contributed by atoms with van der Waals surface area (Å²) < 4.78 is 23.5. The minimum Gasteiger partial charge on any atom is -0.494 e. The molecule has 0 fully saturated rings. The van der Waals surface area contributed by atoms with Gasteiger partial charge < -0.3 is 15.2 Å². The lowest BCUT2D eigenvalue weighted by molar-refractivity contribution is 0.0472. The molecule has 2 aromatic rings. The van der Waals surface area contributed by atoms with E-state index in [9.17, 15) is 9.18 Å². The molecule has 0 aromatic heterocycles. The maximum atomic E-state index is 13.5. The van der Waals surface area contributed by atoms with Crippen molar-refractivity contribution in [1.29, 1.82) is 0 Å². The van der Waals surface area contributed by atoms with Crippen molar-refractivity contribution >= 4 is 11.7 Å². The van der Waals surface area contributed by atoms with Gasteiger partial charge in [0.1, 0.15) is 6.61 Å². The smallest absolute Gasteiger partial charge is 0.338 e. The SMILES string of the molecule is COc1ccc(COC(=O)c2cc(C)cc(N)c2)cc1F. The molecule has 0 atom stereocenters. The van der Waals surface area contributed by atoms with Crippen molar-refractivity contribution in [2.24, 2.45) is 0 Å². The van der Waals surface area contributed by atoms with Crippen LogP contribution >= 0.6 is 0 Å². The van der Waals surface area contributed by atoms with Gasteiger partial charge in [-0.3, -0.25) is 0 Å². The highest BCUT2D eigenvalue weighted by atomic mass is 19.1. The lowest BCUT2D eigenvalue weighted by Gasteiger charge is -2.08. The molecule has 0 saturated carbocycles. The zero-order chi connectivity index (χ0) is 15.4. The highest BCUT2D eigenvalue weighted by Gasteiger charge is 2.10. The van der Waals surface area contributed by atoms with E-state index in [0.29, 0.717) is 16.8 Å². The van der Waals surface area contributed by atoms with Crippen LogP contribution in [0.5, 0.6) is 5.75 Å². The Balaban J connectivity index is 2.05. The lowest BCUT2D eigenvalue weighted by Crippen LogP contribution is -2.06. The van der Waals surface area contributed by atoms with Gasteiger partial charge in [0.15, 0.2) is 11.6 Å². The number of nitrogens with two attached hydrogens (primary N) is 1. The standard InChI is InChI=1S/C16H16FNO3/c1-10-5-12(8-13(18)6-10)16(19)21-9-11-3-4-15(20-2)14(17)7-11/h3-8H,9,18H2,1-2H3. The third kappa shape index (κ3) is 3.72. The number of anilines is 1. The Morgan fingerprint density at radius 1 is 1.24 bits per heavy atom. The molecule has 2 rings (SSSR count). The molecule has 2 aromatic carbocycles. The molecule has 2 N–H and O–H groups in total. The Hall–Kier alpha value is -2.56. The van der Waals surface area contributed by atoms with Crippen molar-refractivity contribution < 1.29 is 18.7 Å². The highest BCUT2D eigenvalue weighted by molar-refractivity contribution is 5.90. The molecule has 110 valence electrons. The average Bonchev–Trinajstić information content (AvgIpc) is 2.43. The molecule has 0 bridgehead atoms. The summed E-state index contributed by atoms with van der Waals surface area (Å²) in [6, 6.07) is 9.40. The first-order valence-corrected chi connectivity index (χ1v) is 6.36. The number of methoxy groups -OCH3 is 1. The molecule has 21 heavy (non-hydrogen) atoms. The maximum Gasteiger partial charge on any atom is 0.338 e. The first kappa shape index (κ1) is 14.8. The first-order valence-electron chi connectivity index (χ1n) is 6.36. The van der Waals surface area contributed by atoms with Crippen LogP contribution in [0.4, 0.5) is 10.1 Å². The summed E-state index contributed by atoms with van der Waals surface area (Å²) in [5.41, 5.74) is 7.98. The van der Waals surface area contributed by atoms with Gasteiger partial charge in [-0.15, -0.1) is 0 Å². The number of aryl methyl sites for hydroxylation is 1. The predicted molar refractivity (Wildman–Crippen MR) is 77.7 cm³/mol. The Morgan fingerprint density at radius 2 is 2.00 bits per heavy atom. The Labute approximate surface area is 122 Å². The van der Waals surface area contributed by atoms with Crippen LogP contribution in [-0.4, -0.2) is 13.1 Å². The summed E-state index contributed by atoms with van der Waals surface area (Å²) in [5, 5.41) is 0. The van der Waals surface area contributed by atoms with Crippen LogP contribution in [-0.2, 0) is 11.3 Å². The minimum absolute atomic E-state index is 0.0202. The zero-order valence-electron chi connectivity index (χ0n) is 11.9. The van der Waals surface area contributed by atoms with E-state index in [1.165, 1.54) is 19.2 Å². The van der Waals surface area contributed by atoms with Crippen LogP contribution in [0.2, 0.25) is 0 Å². The third-order valence-electron chi connectivity index (χ3n) is 2.92. The summed E-state index contributed by atoms with van der Waals surface area (Å²) in [6.07, 6.45) is 0. The van der Waals surface area contributed by atoms with E-state index in [2.05, 4.69) is 0 Å². The van der Waals surface area contributed by atoms with Gasteiger partial charge in [-0.25, -0.2) is 9.18 Å². The average molecular weight is 289 g/mol. The summed E-state index contributed by atoms with van der Waals surface area (Å²) >= 11 is 0. The van der Waals surface area contributed by atoms with Gasteiger partial charge >= 0.3 is 5.97 Å². The van der Waals surface area contributed by atoms with Crippen molar-refractivity contribution in [1.82, 2.24) is 0 Å². The summed E-state index contributed by atoms with van der Waals surface area (Å²) in [7, 11) is 1.39. The molecule has 0 aliphatic rings. The van der Waals surface area contributed by atoms with Crippen molar-refractivity contribution in [3.05, 3.63) is 58.9 Å². The zero-order valence-corrected chi connectivity index (χ0v) is 11.9. The third-order valence-corrected chi connectivity index (χ3v) is 2.92. The first-order chi connectivity index (χ1) is 9.99. The second-order valence-electron chi connectivity index (χ2n) is 4.68.